The second-order valence-electron chi connectivity index (χ2n) is 5.61. The second-order valence-corrected chi connectivity index (χ2v) is 6.42. The first kappa shape index (κ1) is 16.1. The van der Waals surface area contributed by atoms with Gasteiger partial charge in [-0.2, -0.15) is 0 Å². The number of esters is 1. The van der Waals surface area contributed by atoms with Gasteiger partial charge < -0.3 is 10.1 Å². The molecule has 1 fully saturated rings. The molecule has 0 aromatic heterocycles. The predicted octanol–water partition coefficient (Wildman–Crippen LogP) is 3.67. The van der Waals surface area contributed by atoms with Crippen molar-refractivity contribution in [3.05, 3.63) is 45.1 Å². The molecule has 2 amide bonds. The Bertz CT molecular complexity index is 693. The summed E-state index contributed by atoms with van der Waals surface area (Å²) in [6.07, 6.45) is 1.85. The number of benzene rings is 1. The number of methoxy groups -OCH3 is 1. The van der Waals surface area contributed by atoms with Crippen molar-refractivity contribution in [2.75, 3.05) is 7.11 Å². The summed E-state index contributed by atoms with van der Waals surface area (Å²) in [4.78, 5) is 26.4. The molecular weight excluding hydrogens is 339 g/mol. The van der Waals surface area contributed by atoms with E-state index in [-0.39, 0.29) is 12.1 Å². The fraction of sp³-hybridized carbons (Fsp3) is 0.375. The van der Waals surface area contributed by atoms with Crippen molar-refractivity contribution in [1.82, 2.24) is 10.2 Å². The van der Waals surface area contributed by atoms with Crippen LogP contribution in [0.25, 0.3) is 0 Å². The average Bonchev–Trinajstić information content (AvgIpc) is 3.31. The van der Waals surface area contributed by atoms with E-state index in [1.807, 2.05) is 0 Å². The molecule has 0 bridgehead atoms. The lowest BCUT2D eigenvalue weighted by atomic mass is 9.94. The molecule has 0 radical (unpaired) electrons. The molecule has 7 heteroatoms. The summed E-state index contributed by atoms with van der Waals surface area (Å²) in [5, 5.41) is 3.61. The van der Waals surface area contributed by atoms with Gasteiger partial charge >= 0.3 is 12.0 Å². The number of rotatable bonds is 3. The molecule has 1 aliphatic heterocycles. The predicted molar refractivity (Wildman–Crippen MR) is 87.3 cm³/mol. The summed E-state index contributed by atoms with van der Waals surface area (Å²) in [6.45, 7) is 1.75. The number of nitrogens with zero attached hydrogens (tertiary/aromatic N) is 1. The second kappa shape index (κ2) is 6.06. The van der Waals surface area contributed by atoms with Crippen molar-refractivity contribution in [2.45, 2.75) is 31.8 Å². The van der Waals surface area contributed by atoms with E-state index in [1.165, 1.54) is 7.11 Å². The van der Waals surface area contributed by atoms with Gasteiger partial charge in [-0.3, -0.25) is 4.90 Å². The van der Waals surface area contributed by atoms with Gasteiger partial charge in [0, 0.05) is 27.3 Å². The van der Waals surface area contributed by atoms with Crippen LogP contribution in [0.4, 0.5) is 4.79 Å². The molecule has 122 valence electrons. The number of ether oxygens (including phenoxy) is 1. The third-order valence-electron chi connectivity index (χ3n) is 4.13. The maximum Gasteiger partial charge on any atom is 0.337 e. The van der Waals surface area contributed by atoms with Gasteiger partial charge in [0.05, 0.1) is 18.7 Å². The van der Waals surface area contributed by atoms with E-state index in [1.54, 1.807) is 30.0 Å². The summed E-state index contributed by atoms with van der Waals surface area (Å²) >= 11 is 12.5. The van der Waals surface area contributed by atoms with Gasteiger partial charge in [0.25, 0.3) is 0 Å². The van der Waals surface area contributed by atoms with Gasteiger partial charge in [-0.1, -0.05) is 29.3 Å². The molecule has 1 aromatic carbocycles. The Morgan fingerprint density at radius 2 is 1.91 bits per heavy atom. The van der Waals surface area contributed by atoms with E-state index in [0.717, 1.165) is 12.8 Å². The van der Waals surface area contributed by atoms with Crippen LogP contribution in [0.2, 0.25) is 10.0 Å². The first-order valence-electron chi connectivity index (χ1n) is 7.28. The molecule has 2 aliphatic rings. The van der Waals surface area contributed by atoms with E-state index in [4.69, 9.17) is 27.9 Å². The molecule has 1 aliphatic carbocycles. The fourth-order valence-electron chi connectivity index (χ4n) is 2.91. The zero-order chi connectivity index (χ0) is 16.7. The molecule has 3 rings (SSSR count). The van der Waals surface area contributed by atoms with Crippen molar-refractivity contribution in [1.29, 1.82) is 0 Å². The van der Waals surface area contributed by atoms with Gasteiger partial charge in [-0.25, -0.2) is 9.59 Å². The third-order valence-corrected chi connectivity index (χ3v) is 4.79. The van der Waals surface area contributed by atoms with Gasteiger partial charge in [-0.15, -0.1) is 0 Å². The molecule has 1 N–H and O–H groups in total. The zero-order valence-electron chi connectivity index (χ0n) is 12.7. The number of hydrogen-bond donors (Lipinski definition) is 1. The van der Waals surface area contributed by atoms with E-state index in [2.05, 4.69) is 5.32 Å². The lowest BCUT2D eigenvalue weighted by Crippen LogP contribution is -2.49. The Morgan fingerprint density at radius 3 is 2.43 bits per heavy atom. The van der Waals surface area contributed by atoms with Crippen molar-refractivity contribution >= 4 is 35.2 Å². The molecule has 1 aromatic rings. The Hall–Kier alpha value is -1.72. The molecule has 1 heterocycles. The van der Waals surface area contributed by atoms with Crippen molar-refractivity contribution < 1.29 is 14.3 Å². The first-order valence-corrected chi connectivity index (χ1v) is 8.04. The summed E-state index contributed by atoms with van der Waals surface area (Å²) in [5.41, 5.74) is 1.44. The van der Waals surface area contributed by atoms with Gasteiger partial charge in [0.15, 0.2) is 0 Å². The van der Waals surface area contributed by atoms with E-state index < -0.39 is 12.0 Å². The Morgan fingerprint density at radius 1 is 1.30 bits per heavy atom. The monoisotopic (exact) mass is 354 g/mol. The summed E-state index contributed by atoms with van der Waals surface area (Å²) in [7, 11) is 1.31. The van der Waals surface area contributed by atoms with Crippen LogP contribution in [0.3, 0.4) is 0 Å². The molecule has 23 heavy (non-hydrogen) atoms. The van der Waals surface area contributed by atoms with Gasteiger partial charge in [-0.05, 0) is 31.9 Å². The minimum Gasteiger partial charge on any atom is -0.466 e. The molecular formula is C16H16Cl2N2O3. The minimum absolute atomic E-state index is 0.136. The standard InChI is InChI=1S/C16H16Cl2N2O3/c1-8-12(15(21)23-2)14(13-10(17)4-3-5-11(13)18)19-16(22)20(8)9-6-7-9/h3-5,9,14H,6-7H2,1-2H3,(H,19,22). The van der Waals surface area contributed by atoms with Crippen LogP contribution >= 0.6 is 23.2 Å². The fourth-order valence-corrected chi connectivity index (χ4v) is 3.52. The smallest absolute Gasteiger partial charge is 0.337 e. The number of amides is 2. The highest BCUT2D eigenvalue weighted by Gasteiger charge is 2.43. The molecule has 1 unspecified atom stereocenters. The Labute approximate surface area is 144 Å². The van der Waals surface area contributed by atoms with Crippen LogP contribution in [0.15, 0.2) is 29.5 Å². The zero-order valence-corrected chi connectivity index (χ0v) is 14.2. The molecule has 5 nitrogen and oxygen atoms in total. The number of carbonyl (C=O) groups excluding carboxylic acids is 2. The molecule has 0 spiro atoms. The van der Waals surface area contributed by atoms with E-state index in [0.29, 0.717) is 26.9 Å². The van der Waals surface area contributed by atoms with Crippen LogP contribution < -0.4 is 5.32 Å². The number of carbonyl (C=O) groups is 2. The highest BCUT2D eigenvalue weighted by molar-refractivity contribution is 6.36. The van der Waals surface area contributed by atoms with E-state index in [9.17, 15) is 9.59 Å². The topological polar surface area (TPSA) is 58.6 Å². The summed E-state index contributed by atoms with van der Waals surface area (Å²) in [6, 6.07) is 4.21. The Kier molecular flexibility index (Phi) is 4.25. The Balaban J connectivity index is 2.15. The molecule has 0 saturated heterocycles. The average molecular weight is 355 g/mol. The number of hydrogen-bond acceptors (Lipinski definition) is 3. The lowest BCUT2D eigenvalue weighted by Gasteiger charge is -2.35. The van der Waals surface area contributed by atoms with E-state index >= 15 is 0 Å². The number of urea groups is 1. The van der Waals surface area contributed by atoms with Crippen LogP contribution in [0, 0.1) is 0 Å². The van der Waals surface area contributed by atoms with Crippen molar-refractivity contribution in [3.8, 4) is 0 Å². The largest absolute Gasteiger partial charge is 0.466 e. The number of halogens is 2. The third kappa shape index (κ3) is 2.79. The highest BCUT2D eigenvalue weighted by Crippen LogP contribution is 2.41. The number of allylic oxidation sites excluding steroid dienone is 1. The SMILES string of the molecule is COC(=O)C1=C(C)N(C2CC2)C(=O)NC1c1c(Cl)cccc1Cl. The quantitative estimate of drug-likeness (QED) is 0.842. The minimum atomic E-state index is -0.730. The maximum absolute atomic E-state index is 12.5. The highest BCUT2D eigenvalue weighted by atomic mass is 35.5. The summed E-state index contributed by atoms with van der Waals surface area (Å²) in [5.74, 6) is -0.505. The summed E-state index contributed by atoms with van der Waals surface area (Å²) < 4.78 is 4.91. The van der Waals surface area contributed by atoms with Gasteiger partial charge in [0.2, 0.25) is 0 Å². The van der Waals surface area contributed by atoms with Crippen LogP contribution in [-0.2, 0) is 9.53 Å². The molecule has 1 saturated carbocycles. The molecule has 1 atom stereocenters. The van der Waals surface area contributed by atoms with Crippen LogP contribution in [0.5, 0.6) is 0 Å². The van der Waals surface area contributed by atoms with Crippen LogP contribution in [0.1, 0.15) is 31.4 Å². The van der Waals surface area contributed by atoms with Crippen LogP contribution in [-0.4, -0.2) is 30.1 Å². The maximum atomic E-state index is 12.5. The van der Waals surface area contributed by atoms with Gasteiger partial charge in [0.1, 0.15) is 0 Å². The first-order chi connectivity index (χ1) is 11.0. The van der Waals surface area contributed by atoms with Crippen molar-refractivity contribution in [2.24, 2.45) is 0 Å². The normalized spacial score (nSPS) is 21.3. The number of nitrogens with one attached hydrogen (secondary N) is 1. The lowest BCUT2D eigenvalue weighted by molar-refractivity contribution is -0.136. The van der Waals surface area contributed by atoms with Crippen molar-refractivity contribution in [3.63, 3.8) is 0 Å².